The molecule has 0 spiro atoms. The highest BCUT2D eigenvalue weighted by atomic mass is 32.3. The van der Waals surface area contributed by atoms with Crippen LogP contribution in [0.1, 0.15) is 0 Å². The van der Waals surface area contributed by atoms with Gasteiger partial charge in [0.25, 0.3) is 0 Å². The monoisotopic (exact) mass is 252 g/mol. The Labute approximate surface area is 78.6 Å². The summed E-state index contributed by atoms with van der Waals surface area (Å²) in [6.07, 6.45) is 0. The van der Waals surface area contributed by atoms with E-state index in [0.717, 1.165) is 0 Å². The van der Waals surface area contributed by atoms with Crippen LogP contribution in [0.25, 0.3) is 0 Å². The number of hydrogen-bond donors (Lipinski definition) is 0. The second-order valence-electron chi connectivity index (χ2n) is 2.18. The molecule has 2 amide bonds. The van der Waals surface area contributed by atoms with Crippen molar-refractivity contribution in [1.82, 2.24) is 9.37 Å². The summed E-state index contributed by atoms with van der Waals surface area (Å²) in [5.74, 6) is 0. The lowest BCUT2D eigenvalue weighted by atomic mass is 10.7. The van der Waals surface area contributed by atoms with Gasteiger partial charge in [0.1, 0.15) is 0 Å². The van der Waals surface area contributed by atoms with Gasteiger partial charge in [-0.3, -0.25) is 0 Å². The van der Waals surface area contributed by atoms with Crippen molar-refractivity contribution in [3.05, 3.63) is 0 Å². The van der Waals surface area contributed by atoms with Crippen LogP contribution < -0.4 is 0 Å². The van der Waals surface area contributed by atoms with Gasteiger partial charge in [-0.15, -0.1) is 0 Å². The van der Waals surface area contributed by atoms with Crippen molar-refractivity contribution in [2.45, 2.75) is 0 Å². The molecule has 0 N–H and O–H groups in total. The Hall–Kier alpha value is -0.600. The van der Waals surface area contributed by atoms with E-state index in [1.54, 1.807) is 0 Å². The molecule has 11 heteroatoms. The van der Waals surface area contributed by atoms with Crippen LogP contribution >= 0.6 is 8.77 Å². The van der Waals surface area contributed by atoms with E-state index in [2.05, 4.69) is 4.62 Å². The number of carbonyl (C=O) groups excluding carboxylic acids is 1. The van der Waals surface area contributed by atoms with E-state index in [-0.39, 0.29) is 9.37 Å². The van der Waals surface area contributed by atoms with E-state index in [9.17, 15) is 25.5 Å². The van der Waals surface area contributed by atoms with Gasteiger partial charge in [0.2, 0.25) is 0 Å². The molecule has 14 heavy (non-hydrogen) atoms. The van der Waals surface area contributed by atoms with Crippen LogP contribution in [0.5, 0.6) is 0 Å². The van der Waals surface area contributed by atoms with Gasteiger partial charge in [0.05, 0.1) is 13.1 Å². The topological polar surface area (TPSA) is 66.9 Å². The molecule has 0 aromatic carbocycles. The number of urea groups is 1. The quantitative estimate of drug-likeness (QED) is 0.556. The van der Waals surface area contributed by atoms with Crippen molar-refractivity contribution >= 4 is 25.2 Å². The Bertz CT molecular complexity index is 335. The summed E-state index contributed by atoms with van der Waals surface area (Å²) in [5, 5.41) is 0.114. The first kappa shape index (κ1) is 11.5. The van der Waals surface area contributed by atoms with Crippen molar-refractivity contribution in [2.24, 2.45) is 0 Å². The van der Waals surface area contributed by atoms with Gasteiger partial charge in [-0.05, 0) is 0 Å². The Morgan fingerprint density at radius 1 is 1.36 bits per heavy atom. The fourth-order valence-corrected chi connectivity index (χ4v) is 1.73. The van der Waals surface area contributed by atoms with Crippen molar-refractivity contribution in [1.29, 1.82) is 0 Å². The van der Waals surface area contributed by atoms with Crippen LogP contribution in [-0.4, -0.2) is 36.9 Å². The van der Waals surface area contributed by atoms with Crippen LogP contribution in [0.4, 0.5) is 17.1 Å². The van der Waals surface area contributed by atoms with Crippen molar-refractivity contribution < 1.29 is 30.1 Å². The molecule has 1 aliphatic rings. The summed E-state index contributed by atoms with van der Waals surface area (Å²) in [5.41, 5.74) is 0. The summed E-state index contributed by atoms with van der Waals surface area (Å²) in [7, 11) is -9.03. The third-order valence-corrected chi connectivity index (χ3v) is 2.54. The van der Waals surface area contributed by atoms with E-state index < -0.39 is 38.3 Å². The highest BCUT2D eigenvalue weighted by Gasteiger charge is 2.39. The molecule has 0 bridgehead atoms. The smallest absolute Gasteiger partial charge is 0.245 e. The summed E-state index contributed by atoms with van der Waals surface area (Å²) in [6.45, 7) is -0.963. The first-order chi connectivity index (χ1) is 6.32. The van der Waals surface area contributed by atoms with Gasteiger partial charge in [0.15, 0.2) is 0 Å². The Balaban J connectivity index is 2.70. The summed E-state index contributed by atoms with van der Waals surface area (Å²) in [4.78, 5) is 10.9. The summed E-state index contributed by atoms with van der Waals surface area (Å²) >= 11 is 0. The Morgan fingerprint density at radius 3 is 2.29 bits per heavy atom. The van der Waals surface area contributed by atoms with Crippen molar-refractivity contribution in [2.75, 3.05) is 13.1 Å². The SMILES string of the molecule is O=C1N(OP(F)F)CCN1S(=O)(=O)F. The summed E-state index contributed by atoms with van der Waals surface area (Å²) < 4.78 is 59.6. The average molecular weight is 252 g/mol. The first-order valence-corrected chi connectivity index (χ1v) is 5.54. The van der Waals surface area contributed by atoms with Gasteiger partial charge in [0, 0.05) is 0 Å². The molecule has 0 radical (unpaired) electrons. The van der Waals surface area contributed by atoms with E-state index >= 15 is 0 Å². The molecular weight excluding hydrogens is 248 g/mol. The first-order valence-electron chi connectivity index (χ1n) is 3.16. The fraction of sp³-hybridized carbons (Fsp3) is 0.667. The van der Waals surface area contributed by atoms with E-state index in [1.807, 2.05) is 0 Å². The molecule has 0 saturated carbocycles. The minimum absolute atomic E-state index is 0.114. The van der Waals surface area contributed by atoms with E-state index in [0.29, 0.717) is 0 Å². The number of halogens is 3. The molecule has 1 saturated heterocycles. The standard InChI is InChI=1S/C3H4F3N2O4PS/c4-13(5)12-7-1-2-8(3(7)9)14(6,10)11/h1-2H2. The number of hydroxylamine groups is 2. The molecule has 0 unspecified atom stereocenters. The molecule has 1 aliphatic heterocycles. The lowest BCUT2D eigenvalue weighted by molar-refractivity contribution is 0.00511. The maximum Gasteiger partial charge on any atom is 0.439 e. The van der Waals surface area contributed by atoms with Crippen molar-refractivity contribution in [3.63, 3.8) is 0 Å². The lowest BCUT2D eigenvalue weighted by Crippen LogP contribution is -2.33. The third kappa shape index (κ3) is 2.46. The lowest BCUT2D eigenvalue weighted by Gasteiger charge is -2.12. The largest absolute Gasteiger partial charge is 0.439 e. The fourth-order valence-electron chi connectivity index (χ4n) is 0.850. The van der Waals surface area contributed by atoms with Gasteiger partial charge in [-0.1, -0.05) is 3.89 Å². The highest BCUT2D eigenvalue weighted by molar-refractivity contribution is 7.84. The number of carbonyl (C=O) groups is 1. The average Bonchev–Trinajstić information content (AvgIpc) is 2.30. The van der Waals surface area contributed by atoms with Gasteiger partial charge in [-0.25, -0.2) is 4.79 Å². The third-order valence-electron chi connectivity index (χ3n) is 1.36. The zero-order valence-corrected chi connectivity index (χ0v) is 8.14. The molecule has 1 rings (SSSR count). The maximum absolute atomic E-state index is 12.3. The Morgan fingerprint density at radius 2 is 1.93 bits per heavy atom. The molecule has 1 fully saturated rings. The minimum atomic E-state index is -5.20. The van der Waals surface area contributed by atoms with Gasteiger partial charge < -0.3 is 0 Å². The molecular formula is C3H4F3N2O4PS. The zero-order chi connectivity index (χ0) is 10.9. The molecule has 1 heterocycles. The molecule has 0 aromatic heterocycles. The van der Waals surface area contributed by atoms with Crippen LogP contribution in [0.2, 0.25) is 0 Å². The highest BCUT2D eigenvalue weighted by Crippen LogP contribution is 2.41. The molecule has 6 nitrogen and oxygen atoms in total. The minimum Gasteiger partial charge on any atom is -0.245 e. The number of hydrogen-bond acceptors (Lipinski definition) is 4. The predicted octanol–water partition coefficient (Wildman–Crippen LogP) is 1.04. The molecule has 0 atom stereocenters. The maximum atomic E-state index is 12.3. The molecule has 0 aromatic rings. The van der Waals surface area contributed by atoms with Gasteiger partial charge in [-0.2, -0.15) is 30.8 Å². The second kappa shape index (κ2) is 3.87. The molecule has 82 valence electrons. The van der Waals surface area contributed by atoms with Crippen LogP contribution in [0.15, 0.2) is 0 Å². The molecule has 0 aliphatic carbocycles. The second-order valence-corrected chi connectivity index (χ2v) is 4.01. The van der Waals surface area contributed by atoms with Crippen LogP contribution in [0, 0.1) is 0 Å². The predicted molar refractivity (Wildman–Crippen MR) is 39.1 cm³/mol. The van der Waals surface area contributed by atoms with Gasteiger partial charge >= 0.3 is 25.2 Å². The van der Waals surface area contributed by atoms with Crippen LogP contribution in [-0.2, 0) is 15.0 Å². The normalized spacial score (nSPS) is 18.4. The van der Waals surface area contributed by atoms with Crippen molar-refractivity contribution in [3.8, 4) is 0 Å². The summed E-state index contributed by atoms with van der Waals surface area (Å²) in [6, 6.07) is -1.45. The Kier molecular flexibility index (Phi) is 3.17. The van der Waals surface area contributed by atoms with E-state index in [1.165, 1.54) is 0 Å². The van der Waals surface area contributed by atoms with E-state index in [4.69, 9.17) is 0 Å². The van der Waals surface area contributed by atoms with Crippen LogP contribution in [0.3, 0.4) is 0 Å². The zero-order valence-electron chi connectivity index (χ0n) is 6.43. The number of amides is 2. The number of nitrogens with zero attached hydrogens (tertiary/aromatic N) is 2. The number of rotatable bonds is 3.